The third-order valence-corrected chi connectivity index (χ3v) is 3.01. The summed E-state index contributed by atoms with van der Waals surface area (Å²) >= 11 is 1.37. The van der Waals surface area contributed by atoms with Crippen molar-refractivity contribution >= 4 is 23.1 Å². The summed E-state index contributed by atoms with van der Waals surface area (Å²) in [6, 6.07) is 4.19. The second kappa shape index (κ2) is 5.65. The van der Waals surface area contributed by atoms with E-state index in [9.17, 15) is 9.18 Å². The molecule has 2 aromatic rings. The molecule has 0 bridgehead atoms. The SMILES string of the molecule is NCCc1nc(C(=O)Nc2cccc(F)n2)cs1. The number of amides is 1. The summed E-state index contributed by atoms with van der Waals surface area (Å²) in [5.74, 6) is -0.893. The summed E-state index contributed by atoms with van der Waals surface area (Å²) in [5.41, 5.74) is 5.69. The minimum Gasteiger partial charge on any atom is -0.330 e. The zero-order chi connectivity index (χ0) is 13.0. The molecular formula is C11H11FN4OS. The Morgan fingerprint density at radius 3 is 3.00 bits per heavy atom. The Bertz CT molecular complexity index is 557. The number of rotatable bonds is 4. The smallest absolute Gasteiger partial charge is 0.276 e. The Kier molecular flexibility index (Phi) is 3.96. The van der Waals surface area contributed by atoms with E-state index in [1.807, 2.05) is 0 Å². The maximum Gasteiger partial charge on any atom is 0.276 e. The molecule has 2 aromatic heterocycles. The van der Waals surface area contributed by atoms with Gasteiger partial charge in [-0.3, -0.25) is 4.79 Å². The van der Waals surface area contributed by atoms with Crippen LogP contribution in [0.4, 0.5) is 10.2 Å². The maximum atomic E-state index is 12.8. The van der Waals surface area contributed by atoms with E-state index in [0.29, 0.717) is 13.0 Å². The lowest BCUT2D eigenvalue weighted by molar-refractivity contribution is 0.102. The number of halogens is 1. The summed E-state index contributed by atoms with van der Waals surface area (Å²) < 4.78 is 12.8. The quantitative estimate of drug-likeness (QED) is 0.820. The van der Waals surface area contributed by atoms with Gasteiger partial charge in [0.05, 0.1) is 5.01 Å². The summed E-state index contributed by atoms with van der Waals surface area (Å²) in [7, 11) is 0. The Morgan fingerprint density at radius 1 is 1.44 bits per heavy atom. The molecule has 0 aliphatic heterocycles. The molecular weight excluding hydrogens is 255 g/mol. The molecule has 18 heavy (non-hydrogen) atoms. The molecule has 0 aliphatic rings. The van der Waals surface area contributed by atoms with E-state index < -0.39 is 11.9 Å². The first-order chi connectivity index (χ1) is 8.69. The van der Waals surface area contributed by atoms with Gasteiger partial charge in [-0.1, -0.05) is 6.07 Å². The fraction of sp³-hybridized carbons (Fsp3) is 0.182. The maximum absolute atomic E-state index is 12.8. The van der Waals surface area contributed by atoms with Crippen LogP contribution in [0.2, 0.25) is 0 Å². The minimum absolute atomic E-state index is 0.161. The van der Waals surface area contributed by atoms with Crippen LogP contribution in [-0.2, 0) is 6.42 Å². The third-order valence-electron chi connectivity index (χ3n) is 2.10. The van der Waals surface area contributed by atoms with Crippen LogP contribution in [0.1, 0.15) is 15.5 Å². The highest BCUT2D eigenvalue weighted by molar-refractivity contribution is 7.09. The molecule has 0 unspecified atom stereocenters. The molecule has 5 nitrogen and oxygen atoms in total. The van der Waals surface area contributed by atoms with Gasteiger partial charge in [-0.05, 0) is 18.7 Å². The largest absolute Gasteiger partial charge is 0.330 e. The molecule has 0 fully saturated rings. The van der Waals surface area contributed by atoms with E-state index in [1.54, 1.807) is 5.38 Å². The predicted molar refractivity (Wildman–Crippen MR) is 67.0 cm³/mol. The molecule has 0 aromatic carbocycles. The number of thiazole rings is 1. The lowest BCUT2D eigenvalue weighted by atomic mass is 10.4. The highest BCUT2D eigenvalue weighted by Crippen LogP contribution is 2.12. The van der Waals surface area contributed by atoms with Gasteiger partial charge < -0.3 is 11.1 Å². The Morgan fingerprint density at radius 2 is 2.28 bits per heavy atom. The van der Waals surface area contributed by atoms with Crippen molar-refractivity contribution in [1.82, 2.24) is 9.97 Å². The van der Waals surface area contributed by atoms with Crippen LogP contribution in [0.5, 0.6) is 0 Å². The van der Waals surface area contributed by atoms with Crippen LogP contribution in [0.15, 0.2) is 23.6 Å². The van der Waals surface area contributed by atoms with Crippen LogP contribution in [0.3, 0.4) is 0 Å². The van der Waals surface area contributed by atoms with Gasteiger partial charge in [0, 0.05) is 11.8 Å². The average molecular weight is 266 g/mol. The molecule has 0 saturated carbocycles. The van der Waals surface area contributed by atoms with Crippen molar-refractivity contribution in [2.24, 2.45) is 5.73 Å². The number of carbonyl (C=O) groups excluding carboxylic acids is 1. The molecule has 0 saturated heterocycles. The van der Waals surface area contributed by atoms with Gasteiger partial charge in [-0.2, -0.15) is 4.39 Å². The fourth-order valence-electron chi connectivity index (χ4n) is 1.31. The number of nitrogens with two attached hydrogens (primary N) is 1. The topological polar surface area (TPSA) is 80.9 Å². The average Bonchev–Trinajstić information content (AvgIpc) is 2.78. The van der Waals surface area contributed by atoms with Gasteiger partial charge in [0.1, 0.15) is 11.5 Å². The zero-order valence-electron chi connectivity index (χ0n) is 9.39. The molecule has 1 amide bonds. The fourth-order valence-corrected chi connectivity index (χ4v) is 2.11. The van der Waals surface area contributed by atoms with Crippen molar-refractivity contribution in [2.75, 3.05) is 11.9 Å². The van der Waals surface area contributed by atoms with Gasteiger partial charge in [-0.25, -0.2) is 9.97 Å². The van der Waals surface area contributed by atoms with Gasteiger partial charge in [-0.15, -0.1) is 11.3 Å². The van der Waals surface area contributed by atoms with Gasteiger partial charge in [0.15, 0.2) is 0 Å². The summed E-state index contributed by atoms with van der Waals surface area (Å²) in [6.45, 7) is 0.486. The zero-order valence-corrected chi connectivity index (χ0v) is 10.2. The number of pyridine rings is 1. The van der Waals surface area contributed by atoms with Crippen LogP contribution in [0, 0.1) is 5.95 Å². The number of aromatic nitrogens is 2. The normalized spacial score (nSPS) is 10.3. The summed E-state index contributed by atoms with van der Waals surface area (Å²) in [5, 5.41) is 4.92. The van der Waals surface area contributed by atoms with Crippen LogP contribution in [-0.4, -0.2) is 22.4 Å². The molecule has 0 aliphatic carbocycles. The molecule has 3 N–H and O–H groups in total. The first-order valence-electron chi connectivity index (χ1n) is 5.27. The number of anilines is 1. The standard InChI is InChI=1S/C11H11FN4OS/c12-8-2-1-3-9(15-8)16-11(17)7-6-18-10(14-7)4-5-13/h1-3,6H,4-5,13H2,(H,15,16,17). The molecule has 0 spiro atoms. The van der Waals surface area contributed by atoms with Crippen molar-refractivity contribution < 1.29 is 9.18 Å². The second-order valence-corrected chi connectivity index (χ2v) is 4.41. The molecule has 0 atom stereocenters. The monoisotopic (exact) mass is 266 g/mol. The first-order valence-corrected chi connectivity index (χ1v) is 6.15. The molecule has 2 rings (SSSR count). The highest BCUT2D eigenvalue weighted by Gasteiger charge is 2.11. The third kappa shape index (κ3) is 3.08. The molecule has 7 heteroatoms. The van der Waals surface area contributed by atoms with Crippen molar-refractivity contribution in [3.8, 4) is 0 Å². The molecule has 2 heterocycles. The van der Waals surface area contributed by atoms with Crippen LogP contribution < -0.4 is 11.1 Å². The van der Waals surface area contributed by atoms with Crippen LogP contribution >= 0.6 is 11.3 Å². The van der Waals surface area contributed by atoms with E-state index in [2.05, 4.69) is 15.3 Å². The van der Waals surface area contributed by atoms with Gasteiger partial charge in [0.25, 0.3) is 5.91 Å². The minimum atomic E-state index is -0.644. The van der Waals surface area contributed by atoms with Gasteiger partial charge >= 0.3 is 0 Å². The van der Waals surface area contributed by atoms with E-state index in [-0.39, 0.29) is 11.5 Å². The Hall–Kier alpha value is -1.86. The number of nitrogens with zero attached hydrogens (tertiary/aromatic N) is 2. The van der Waals surface area contributed by atoms with Crippen molar-refractivity contribution in [1.29, 1.82) is 0 Å². The molecule has 0 radical (unpaired) electrons. The van der Waals surface area contributed by atoms with E-state index in [1.165, 1.54) is 29.5 Å². The molecule has 94 valence electrons. The highest BCUT2D eigenvalue weighted by atomic mass is 32.1. The van der Waals surface area contributed by atoms with Crippen molar-refractivity contribution in [3.63, 3.8) is 0 Å². The lowest BCUT2D eigenvalue weighted by Gasteiger charge is -2.01. The van der Waals surface area contributed by atoms with E-state index in [0.717, 1.165) is 5.01 Å². The van der Waals surface area contributed by atoms with Crippen molar-refractivity contribution in [3.05, 3.63) is 40.2 Å². The lowest BCUT2D eigenvalue weighted by Crippen LogP contribution is -2.14. The summed E-state index contributed by atoms with van der Waals surface area (Å²) in [4.78, 5) is 19.4. The second-order valence-electron chi connectivity index (χ2n) is 3.46. The number of hydrogen-bond acceptors (Lipinski definition) is 5. The number of nitrogens with one attached hydrogen (secondary N) is 1. The van der Waals surface area contributed by atoms with Crippen molar-refractivity contribution in [2.45, 2.75) is 6.42 Å². The van der Waals surface area contributed by atoms with Gasteiger partial charge in [0.2, 0.25) is 5.95 Å². The Labute approximate surface area is 107 Å². The van der Waals surface area contributed by atoms with Crippen LogP contribution in [0.25, 0.3) is 0 Å². The van der Waals surface area contributed by atoms with E-state index in [4.69, 9.17) is 5.73 Å². The van der Waals surface area contributed by atoms with E-state index >= 15 is 0 Å². The number of hydrogen-bond donors (Lipinski definition) is 2. The first kappa shape index (κ1) is 12.6. The predicted octanol–water partition coefficient (Wildman–Crippen LogP) is 1.43. The number of carbonyl (C=O) groups is 1. The Balaban J connectivity index is 2.07. The summed E-state index contributed by atoms with van der Waals surface area (Å²) in [6.07, 6.45) is 0.635.